The van der Waals surface area contributed by atoms with E-state index in [9.17, 15) is 4.79 Å². The maximum absolute atomic E-state index is 11.8. The van der Waals surface area contributed by atoms with Gasteiger partial charge >= 0.3 is 0 Å². The van der Waals surface area contributed by atoms with Crippen LogP contribution in [0.15, 0.2) is 21.9 Å². The minimum atomic E-state index is -0.714. The van der Waals surface area contributed by atoms with E-state index < -0.39 is 6.29 Å². The lowest BCUT2D eigenvalue weighted by Crippen LogP contribution is -2.37. The van der Waals surface area contributed by atoms with Gasteiger partial charge in [0, 0.05) is 6.42 Å². The van der Waals surface area contributed by atoms with Gasteiger partial charge in [-0.25, -0.2) is 4.68 Å². The molecule has 0 amide bonds. The second-order valence-electron chi connectivity index (χ2n) is 4.67. The summed E-state index contributed by atoms with van der Waals surface area (Å²) in [7, 11) is 0. The number of ketones is 1. The average Bonchev–Trinajstić information content (AvgIpc) is 3.15. The third kappa shape index (κ3) is 1.87. The summed E-state index contributed by atoms with van der Waals surface area (Å²) in [5.41, 5.74) is 0. The lowest BCUT2D eigenvalue weighted by Gasteiger charge is -2.25. The smallest absolute Gasteiger partial charge is 0.287 e. The standard InChI is InChI=1S/C12H10N2O4S2/c15-7-4-6(8-5-16-11(7)17-8)14-12(19)18-10(13-14)9-2-1-3-20-9/h1-3,6,8,11H,4-5H2/t6-,8-,11-/m1/s1. The maximum Gasteiger partial charge on any atom is 0.287 e. The molecular weight excluding hydrogens is 300 g/mol. The Hall–Kier alpha value is -1.35. The van der Waals surface area contributed by atoms with Crippen molar-refractivity contribution < 1.29 is 18.7 Å². The first-order valence-electron chi connectivity index (χ1n) is 6.15. The highest BCUT2D eigenvalue weighted by Gasteiger charge is 2.45. The van der Waals surface area contributed by atoms with Crippen molar-refractivity contribution in [1.82, 2.24) is 9.78 Å². The van der Waals surface area contributed by atoms with Gasteiger partial charge in [-0.05, 0) is 23.7 Å². The maximum atomic E-state index is 11.8. The Kier molecular flexibility index (Phi) is 2.84. The molecule has 4 rings (SSSR count). The highest BCUT2D eigenvalue weighted by molar-refractivity contribution is 7.71. The molecule has 0 spiro atoms. The first-order valence-corrected chi connectivity index (χ1v) is 7.44. The van der Waals surface area contributed by atoms with Gasteiger partial charge in [0.2, 0.25) is 6.29 Å². The van der Waals surface area contributed by atoms with Gasteiger partial charge < -0.3 is 13.9 Å². The Balaban J connectivity index is 1.72. The molecule has 2 aromatic heterocycles. The zero-order valence-electron chi connectivity index (χ0n) is 10.2. The summed E-state index contributed by atoms with van der Waals surface area (Å²) in [6.45, 7) is 0.379. The number of fused-ring (bicyclic) bond motifs is 2. The molecule has 0 aliphatic carbocycles. The van der Waals surface area contributed by atoms with Crippen LogP contribution >= 0.6 is 23.6 Å². The molecule has 4 heterocycles. The van der Waals surface area contributed by atoms with E-state index in [-0.39, 0.29) is 22.8 Å². The minimum absolute atomic E-state index is 0.0775. The molecule has 2 aromatic rings. The highest BCUT2D eigenvalue weighted by Crippen LogP contribution is 2.34. The van der Waals surface area contributed by atoms with E-state index >= 15 is 0 Å². The number of nitrogens with zero attached hydrogens (tertiary/aromatic N) is 2. The normalized spacial score (nSPS) is 29.0. The van der Waals surface area contributed by atoms with Crippen molar-refractivity contribution in [3.05, 3.63) is 22.4 Å². The van der Waals surface area contributed by atoms with Crippen LogP contribution in [0, 0.1) is 4.84 Å². The molecule has 0 saturated carbocycles. The molecule has 0 radical (unpaired) electrons. The van der Waals surface area contributed by atoms with Crippen molar-refractivity contribution in [3.8, 4) is 10.8 Å². The molecule has 0 unspecified atom stereocenters. The fraction of sp³-hybridized carbons (Fsp3) is 0.417. The Labute approximate surface area is 122 Å². The minimum Gasteiger partial charge on any atom is -0.408 e. The van der Waals surface area contributed by atoms with Crippen LogP contribution in [0.1, 0.15) is 12.5 Å². The summed E-state index contributed by atoms with van der Waals surface area (Å²) >= 11 is 6.73. The van der Waals surface area contributed by atoms with Crippen molar-refractivity contribution in [2.24, 2.45) is 0 Å². The van der Waals surface area contributed by atoms with Crippen LogP contribution in [-0.4, -0.2) is 34.6 Å². The molecular formula is C12H10N2O4S2. The van der Waals surface area contributed by atoms with Gasteiger partial charge in [0.1, 0.15) is 6.10 Å². The fourth-order valence-electron chi connectivity index (χ4n) is 2.47. The number of thiophene rings is 1. The van der Waals surface area contributed by atoms with E-state index in [1.807, 2.05) is 17.5 Å². The van der Waals surface area contributed by atoms with Crippen LogP contribution in [0.4, 0.5) is 0 Å². The Morgan fingerprint density at radius 2 is 2.40 bits per heavy atom. The van der Waals surface area contributed by atoms with E-state index in [1.165, 1.54) is 11.3 Å². The largest absolute Gasteiger partial charge is 0.408 e. The topological polar surface area (TPSA) is 66.5 Å². The second kappa shape index (κ2) is 4.59. The predicted molar refractivity (Wildman–Crippen MR) is 71.9 cm³/mol. The van der Waals surface area contributed by atoms with Crippen molar-refractivity contribution in [3.63, 3.8) is 0 Å². The number of Topliss-reactive ketones (excluding diaryl/α,β-unsaturated/α-hetero) is 1. The Bertz CT molecular complexity index is 705. The van der Waals surface area contributed by atoms with E-state index in [0.717, 1.165) is 4.88 Å². The SMILES string of the molecule is O=C1C[C@@H](n2nc(-c3cccs3)oc2=S)[C@H]2CO[C@@H]1O2. The van der Waals surface area contributed by atoms with Gasteiger partial charge in [0.05, 0.1) is 17.5 Å². The van der Waals surface area contributed by atoms with E-state index in [1.54, 1.807) is 4.68 Å². The molecule has 20 heavy (non-hydrogen) atoms. The summed E-state index contributed by atoms with van der Waals surface area (Å²) in [6.07, 6.45) is -0.611. The first-order chi connectivity index (χ1) is 9.72. The summed E-state index contributed by atoms with van der Waals surface area (Å²) in [5.74, 6) is 0.393. The number of carbonyl (C=O) groups is 1. The fourth-order valence-corrected chi connectivity index (χ4v) is 3.37. The summed E-state index contributed by atoms with van der Waals surface area (Å²) < 4.78 is 17.9. The summed E-state index contributed by atoms with van der Waals surface area (Å²) in [6, 6.07) is 3.57. The quantitative estimate of drug-likeness (QED) is 0.792. The molecule has 2 fully saturated rings. The van der Waals surface area contributed by atoms with Crippen molar-refractivity contribution in [1.29, 1.82) is 0 Å². The van der Waals surface area contributed by atoms with Gasteiger partial charge in [-0.3, -0.25) is 4.79 Å². The molecule has 2 bridgehead atoms. The van der Waals surface area contributed by atoms with Crippen molar-refractivity contribution in [2.75, 3.05) is 6.61 Å². The molecule has 2 aliphatic rings. The number of carbonyl (C=O) groups excluding carboxylic acids is 1. The molecule has 0 N–H and O–H groups in total. The molecule has 8 heteroatoms. The molecule has 6 nitrogen and oxygen atoms in total. The zero-order valence-corrected chi connectivity index (χ0v) is 11.9. The van der Waals surface area contributed by atoms with Gasteiger partial charge in [-0.15, -0.1) is 16.4 Å². The Morgan fingerprint density at radius 1 is 1.50 bits per heavy atom. The second-order valence-corrected chi connectivity index (χ2v) is 5.97. The Morgan fingerprint density at radius 3 is 3.20 bits per heavy atom. The van der Waals surface area contributed by atoms with Crippen LogP contribution in [0.25, 0.3) is 10.8 Å². The van der Waals surface area contributed by atoms with Crippen molar-refractivity contribution >= 4 is 29.3 Å². The van der Waals surface area contributed by atoms with Gasteiger partial charge in [-0.2, -0.15) is 0 Å². The van der Waals surface area contributed by atoms with Crippen LogP contribution in [0.2, 0.25) is 0 Å². The molecule has 2 saturated heterocycles. The third-order valence-corrected chi connectivity index (χ3v) is 4.56. The average molecular weight is 310 g/mol. The monoisotopic (exact) mass is 310 g/mol. The number of hydrogen-bond donors (Lipinski definition) is 0. The van der Waals surface area contributed by atoms with Gasteiger partial charge in [0.25, 0.3) is 10.7 Å². The van der Waals surface area contributed by atoms with Crippen LogP contribution in [0.3, 0.4) is 0 Å². The number of ether oxygens (including phenoxy) is 2. The van der Waals surface area contributed by atoms with Crippen LogP contribution < -0.4 is 0 Å². The number of aromatic nitrogens is 2. The van der Waals surface area contributed by atoms with Crippen molar-refractivity contribution in [2.45, 2.75) is 24.9 Å². The lowest BCUT2D eigenvalue weighted by atomic mass is 10.0. The molecule has 2 aliphatic heterocycles. The lowest BCUT2D eigenvalue weighted by molar-refractivity contribution is -0.156. The molecule has 104 valence electrons. The molecule has 3 atom stereocenters. The van der Waals surface area contributed by atoms with Gasteiger partial charge in [-0.1, -0.05) is 6.07 Å². The van der Waals surface area contributed by atoms with Gasteiger partial charge in [0.15, 0.2) is 5.78 Å². The molecule has 0 aromatic carbocycles. The van der Waals surface area contributed by atoms with Crippen LogP contribution in [0.5, 0.6) is 0 Å². The summed E-state index contributed by atoms with van der Waals surface area (Å²) in [5, 5.41) is 6.34. The first kappa shape index (κ1) is 12.4. The van der Waals surface area contributed by atoms with Crippen LogP contribution in [-0.2, 0) is 14.3 Å². The predicted octanol–water partition coefficient (Wildman–Crippen LogP) is 2.19. The summed E-state index contributed by atoms with van der Waals surface area (Å²) in [4.78, 5) is 13.0. The number of hydrogen-bond acceptors (Lipinski definition) is 7. The zero-order chi connectivity index (χ0) is 13.7. The highest BCUT2D eigenvalue weighted by atomic mass is 32.1. The number of rotatable bonds is 2. The van der Waals surface area contributed by atoms with E-state index in [4.69, 9.17) is 26.1 Å². The van der Waals surface area contributed by atoms with E-state index in [2.05, 4.69) is 5.10 Å². The third-order valence-electron chi connectivity index (χ3n) is 3.43. The van der Waals surface area contributed by atoms with E-state index in [0.29, 0.717) is 18.9 Å².